The molecule has 122 valence electrons. The fraction of sp³-hybridized carbons (Fsp3) is 0.250. The second-order valence-corrected chi connectivity index (χ2v) is 5.87. The van der Waals surface area contributed by atoms with Gasteiger partial charge >= 0.3 is 5.97 Å². The second-order valence-electron chi connectivity index (χ2n) is 5.87. The van der Waals surface area contributed by atoms with E-state index in [0.29, 0.717) is 11.3 Å². The molecule has 1 aromatic carbocycles. The zero-order valence-corrected chi connectivity index (χ0v) is 13.6. The molecular formula is C20H19NO3. The summed E-state index contributed by atoms with van der Waals surface area (Å²) in [6.07, 6.45) is 6.90. The van der Waals surface area contributed by atoms with E-state index >= 15 is 0 Å². The third kappa shape index (κ3) is 3.77. The minimum Gasteiger partial charge on any atom is -0.451 e. The first kappa shape index (κ1) is 16.1. The Kier molecular flexibility index (Phi) is 4.85. The van der Waals surface area contributed by atoms with Crippen molar-refractivity contribution in [1.82, 2.24) is 4.98 Å². The molecule has 1 aliphatic carbocycles. The van der Waals surface area contributed by atoms with Crippen LogP contribution in [-0.4, -0.2) is 22.8 Å². The van der Waals surface area contributed by atoms with E-state index in [4.69, 9.17) is 4.74 Å². The van der Waals surface area contributed by atoms with Gasteiger partial charge in [0.15, 0.2) is 6.10 Å². The van der Waals surface area contributed by atoms with Crippen molar-refractivity contribution < 1.29 is 14.3 Å². The molecule has 0 bridgehead atoms. The molecule has 0 spiro atoms. The lowest BCUT2D eigenvalue weighted by Crippen LogP contribution is -2.23. The zero-order chi connectivity index (χ0) is 16.9. The average molecular weight is 321 g/mol. The van der Waals surface area contributed by atoms with E-state index in [1.54, 1.807) is 31.3 Å². The van der Waals surface area contributed by atoms with Crippen molar-refractivity contribution in [1.29, 1.82) is 0 Å². The molecule has 3 rings (SSSR count). The lowest BCUT2D eigenvalue weighted by atomic mass is 10.0. The highest BCUT2D eigenvalue weighted by Crippen LogP contribution is 2.23. The molecular weight excluding hydrogens is 302 g/mol. The number of rotatable bonds is 5. The van der Waals surface area contributed by atoms with E-state index in [0.717, 1.165) is 19.3 Å². The largest absolute Gasteiger partial charge is 0.451 e. The Bertz CT molecular complexity index is 781. The van der Waals surface area contributed by atoms with Gasteiger partial charge in [-0.3, -0.25) is 9.78 Å². The Morgan fingerprint density at radius 1 is 1.17 bits per heavy atom. The summed E-state index contributed by atoms with van der Waals surface area (Å²) in [5.74, 6) is -0.730. The molecule has 0 aliphatic heterocycles. The molecule has 1 aliphatic rings. The molecule has 0 saturated carbocycles. The molecule has 2 aromatic rings. The average Bonchev–Trinajstić information content (AvgIpc) is 3.07. The number of ketones is 1. The maximum absolute atomic E-state index is 12.4. The van der Waals surface area contributed by atoms with Crippen LogP contribution in [0.4, 0.5) is 0 Å². The van der Waals surface area contributed by atoms with Gasteiger partial charge in [0.1, 0.15) is 0 Å². The summed E-state index contributed by atoms with van der Waals surface area (Å²) in [6, 6.07) is 11.2. The third-order valence-electron chi connectivity index (χ3n) is 4.12. The number of Topliss-reactive ketones (excluding diaryl/α,β-unsaturated/α-hetero) is 1. The van der Waals surface area contributed by atoms with Crippen molar-refractivity contribution in [3.63, 3.8) is 0 Å². The molecule has 1 unspecified atom stereocenters. The molecule has 1 heterocycles. The number of aromatic nitrogens is 1. The third-order valence-corrected chi connectivity index (χ3v) is 4.12. The fourth-order valence-electron chi connectivity index (χ4n) is 2.85. The molecule has 24 heavy (non-hydrogen) atoms. The quantitative estimate of drug-likeness (QED) is 0.481. The maximum Gasteiger partial charge on any atom is 0.331 e. The number of esters is 1. The van der Waals surface area contributed by atoms with Crippen LogP contribution in [0, 0.1) is 0 Å². The highest BCUT2D eigenvalue weighted by molar-refractivity contribution is 6.01. The molecule has 4 heteroatoms. The summed E-state index contributed by atoms with van der Waals surface area (Å²) >= 11 is 0. The number of hydrogen-bond donors (Lipinski definition) is 0. The van der Waals surface area contributed by atoms with Gasteiger partial charge in [0, 0.05) is 17.8 Å². The maximum atomic E-state index is 12.4. The van der Waals surface area contributed by atoms with Crippen LogP contribution in [-0.2, 0) is 22.4 Å². The molecule has 0 saturated heterocycles. The van der Waals surface area contributed by atoms with Gasteiger partial charge in [0.25, 0.3) is 0 Å². The number of aryl methyl sites for hydroxylation is 2. The van der Waals surface area contributed by atoms with E-state index < -0.39 is 12.1 Å². The zero-order valence-electron chi connectivity index (χ0n) is 13.6. The van der Waals surface area contributed by atoms with Crippen LogP contribution in [0.5, 0.6) is 0 Å². The number of ether oxygens (including phenoxy) is 1. The van der Waals surface area contributed by atoms with E-state index in [9.17, 15) is 9.59 Å². The van der Waals surface area contributed by atoms with Crippen molar-refractivity contribution in [2.24, 2.45) is 0 Å². The fourth-order valence-corrected chi connectivity index (χ4v) is 2.85. The lowest BCUT2D eigenvalue weighted by Gasteiger charge is -2.11. The van der Waals surface area contributed by atoms with Gasteiger partial charge in [-0.15, -0.1) is 0 Å². The summed E-state index contributed by atoms with van der Waals surface area (Å²) < 4.78 is 5.20. The number of pyridine rings is 1. The Morgan fingerprint density at radius 3 is 2.79 bits per heavy atom. The van der Waals surface area contributed by atoms with Crippen molar-refractivity contribution in [3.8, 4) is 0 Å². The van der Waals surface area contributed by atoms with Crippen molar-refractivity contribution in [2.75, 3.05) is 0 Å². The van der Waals surface area contributed by atoms with Gasteiger partial charge in [-0.2, -0.15) is 0 Å². The first-order chi connectivity index (χ1) is 11.6. The van der Waals surface area contributed by atoms with Crippen LogP contribution < -0.4 is 0 Å². The minimum absolute atomic E-state index is 0.177. The standard InChI is InChI=1S/C20H19NO3/c1-14(24-19(22)11-10-18-7-2-3-12-21-18)20(23)17-9-8-15-5-4-6-16(15)13-17/h2-3,7-14H,4-6H2,1H3. The van der Waals surface area contributed by atoms with Crippen LogP contribution >= 0.6 is 0 Å². The monoisotopic (exact) mass is 321 g/mol. The predicted octanol–water partition coefficient (Wildman–Crippen LogP) is 3.40. The van der Waals surface area contributed by atoms with Gasteiger partial charge in [0.05, 0.1) is 5.69 Å². The van der Waals surface area contributed by atoms with E-state index in [1.807, 2.05) is 24.3 Å². The molecule has 4 nitrogen and oxygen atoms in total. The lowest BCUT2D eigenvalue weighted by molar-refractivity contribution is -0.140. The van der Waals surface area contributed by atoms with Crippen LogP contribution in [0.3, 0.4) is 0 Å². The molecule has 0 fully saturated rings. The number of fused-ring (bicyclic) bond motifs is 1. The number of nitrogens with zero attached hydrogens (tertiary/aromatic N) is 1. The van der Waals surface area contributed by atoms with Gasteiger partial charge in [0.2, 0.25) is 5.78 Å². The summed E-state index contributed by atoms with van der Waals surface area (Å²) in [6.45, 7) is 1.60. The Hall–Kier alpha value is -2.75. The van der Waals surface area contributed by atoms with Gasteiger partial charge in [-0.25, -0.2) is 4.79 Å². The summed E-state index contributed by atoms with van der Waals surface area (Å²) in [5, 5.41) is 0. The smallest absolute Gasteiger partial charge is 0.331 e. The van der Waals surface area contributed by atoms with E-state index in [2.05, 4.69) is 4.98 Å². The topological polar surface area (TPSA) is 56.3 Å². The first-order valence-corrected chi connectivity index (χ1v) is 8.09. The SMILES string of the molecule is CC(OC(=O)C=Cc1ccccn1)C(=O)c1ccc2c(c1)CCC2. The second kappa shape index (κ2) is 7.21. The Morgan fingerprint density at radius 2 is 2.00 bits per heavy atom. The van der Waals surface area contributed by atoms with E-state index in [-0.39, 0.29) is 5.78 Å². The summed E-state index contributed by atoms with van der Waals surface area (Å²) in [7, 11) is 0. The molecule has 0 N–H and O–H groups in total. The van der Waals surface area contributed by atoms with E-state index in [1.165, 1.54) is 17.2 Å². The minimum atomic E-state index is -0.815. The first-order valence-electron chi connectivity index (χ1n) is 8.09. The number of hydrogen-bond acceptors (Lipinski definition) is 4. The highest BCUT2D eigenvalue weighted by Gasteiger charge is 2.20. The van der Waals surface area contributed by atoms with Gasteiger partial charge < -0.3 is 4.74 Å². The number of carbonyl (C=O) groups is 2. The molecule has 1 atom stereocenters. The van der Waals surface area contributed by atoms with Gasteiger partial charge in [-0.05, 0) is 61.6 Å². The van der Waals surface area contributed by atoms with Crippen LogP contribution in [0.15, 0.2) is 48.7 Å². The highest BCUT2D eigenvalue weighted by atomic mass is 16.5. The van der Waals surface area contributed by atoms with Crippen molar-refractivity contribution >= 4 is 17.8 Å². The van der Waals surface area contributed by atoms with Crippen molar-refractivity contribution in [3.05, 3.63) is 71.1 Å². The molecule has 0 amide bonds. The van der Waals surface area contributed by atoms with Crippen LogP contribution in [0.1, 0.15) is 40.5 Å². The van der Waals surface area contributed by atoms with Crippen LogP contribution in [0.2, 0.25) is 0 Å². The normalized spacial score (nSPS) is 14.4. The number of benzene rings is 1. The van der Waals surface area contributed by atoms with Crippen molar-refractivity contribution in [2.45, 2.75) is 32.3 Å². The van der Waals surface area contributed by atoms with Gasteiger partial charge in [-0.1, -0.05) is 18.2 Å². The summed E-state index contributed by atoms with van der Waals surface area (Å²) in [5.41, 5.74) is 3.81. The molecule has 1 aromatic heterocycles. The predicted molar refractivity (Wildman–Crippen MR) is 91.6 cm³/mol. The summed E-state index contributed by atoms with van der Waals surface area (Å²) in [4.78, 5) is 28.4. The van der Waals surface area contributed by atoms with Crippen LogP contribution in [0.25, 0.3) is 6.08 Å². The number of carbonyl (C=O) groups excluding carboxylic acids is 2. The Labute approximate surface area is 141 Å². The molecule has 0 radical (unpaired) electrons. The Balaban J connectivity index is 1.61.